The molecule has 1 aromatic rings. The van der Waals surface area contributed by atoms with E-state index in [1.165, 1.54) is 0 Å². The lowest BCUT2D eigenvalue weighted by Crippen LogP contribution is -2.18. The summed E-state index contributed by atoms with van der Waals surface area (Å²) in [6, 6.07) is 5.25. The van der Waals surface area contributed by atoms with Crippen LogP contribution in [0.3, 0.4) is 0 Å². The molecule has 0 unspecified atom stereocenters. The smallest absolute Gasteiger partial charge is 0.250 e. The first-order valence-corrected chi connectivity index (χ1v) is 4.64. The molecule has 0 atom stereocenters. The summed E-state index contributed by atoms with van der Waals surface area (Å²) in [5, 5.41) is 3.08. The van der Waals surface area contributed by atoms with Crippen molar-refractivity contribution >= 4 is 0 Å². The molecule has 1 heterocycles. The van der Waals surface area contributed by atoms with E-state index in [1.807, 2.05) is 19.3 Å². The number of unbranched alkanes of at least 4 members (excludes halogenated alkanes) is 1. The van der Waals surface area contributed by atoms with Gasteiger partial charge in [-0.25, -0.2) is 0 Å². The first kappa shape index (κ1) is 9.99. The Morgan fingerprint density at radius 1 is 1.38 bits per heavy atom. The Kier molecular flexibility index (Phi) is 4.26. The molecule has 0 saturated heterocycles. The molecule has 0 aromatic carbocycles. The van der Waals surface area contributed by atoms with Gasteiger partial charge in [-0.1, -0.05) is 6.07 Å². The summed E-state index contributed by atoms with van der Waals surface area (Å²) in [7, 11) is 1.94. The zero-order chi connectivity index (χ0) is 9.52. The van der Waals surface area contributed by atoms with E-state index in [2.05, 4.69) is 5.32 Å². The van der Waals surface area contributed by atoms with Crippen molar-refractivity contribution in [2.45, 2.75) is 19.4 Å². The lowest BCUT2D eigenvalue weighted by atomic mass is 10.3. The summed E-state index contributed by atoms with van der Waals surface area (Å²) < 4.78 is 1.75. The van der Waals surface area contributed by atoms with E-state index in [-0.39, 0.29) is 5.56 Å². The molecule has 13 heavy (non-hydrogen) atoms. The average molecular weight is 180 g/mol. The van der Waals surface area contributed by atoms with Crippen molar-refractivity contribution in [3.05, 3.63) is 34.7 Å². The molecule has 1 N–H and O–H groups in total. The van der Waals surface area contributed by atoms with Crippen LogP contribution in [-0.4, -0.2) is 18.2 Å². The molecule has 0 saturated carbocycles. The van der Waals surface area contributed by atoms with Gasteiger partial charge in [0.25, 0.3) is 0 Å². The number of aromatic nitrogens is 1. The molecule has 0 radical (unpaired) electrons. The summed E-state index contributed by atoms with van der Waals surface area (Å²) in [6.45, 7) is 1.84. The number of nitrogens with one attached hydrogen (secondary N) is 1. The average Bonchev–Trinajstić information content (AvgIpc) is 2.15. The summed E-state index contributed by atoms with van der Waals surface area (Å²) in [6.07, 6.45) is 3.99. The lowest BCUT2D eigenvalue weighted by Gasteiger charge is -2.03. The molecule has 0 amide bonds. The van der Waals surface area contributed by atoms with Gasteiger partial charge < -0.3 is 9.88 Å². The maximum absolute atomic E-state index is 11.2. The fourth-order valence-corrected chi connectivity index (χ4v) is 1.23. The molecule has 3 nitrogen and oxygen atoms in total. The van der Waals surface area contributed by atoms with Crippen LogP contribution in [0, 0.1) is 0 Å². The van der Waals surface area contributed by atoms with E-state index in [9.17, 15) is 4.79 Å². The molecular formula is C10H16N2O. The van der Waals surface area contributed by atoms with Gasteiger partial charge in [-0.2, -0.15) is 0 Å². The van der Waals surface area contributed by atoms with Crippen LogP contribution in [0.2, 0.25) is 0 Å². The van der Waals surface area contributed by atoms with Crippen molar-refractivity contribution in [3.63, 3.8) is 0 Å². The molecule has 0 aliphatic carbocycles. The largest absolute Gasteiger partial charge is 0.320 e. The molecule has 0 fully saturated rings. The summed E-state index contributed by atoms with van der Waals surface area (Å²) >= 11 is 0. The third kappa shape index (κ3) is 3.42. The van der Waals surface area contributed by atoms with Crippen LogP contribution >= 0.6 is 0 Å². The Hall–Kier alpha value is -1.09. The summed E-state index contributed by atoms with van der Waals surface area (Å²) in [4.78, 5) is 11.2. The van der Waals surface area contributed by atoms with Crippen LogP contribution in [0.15, 0.2) is 29.2 Å². The molecule has 0 aliphatic heterocycles. The highest BCUT2D eigenvalue weighted by Crippen LogP contribution is 1.91. The second-order valence-electron chi connectivity index (χ2n) is 3.04. The molecule has 3 heteroatoms. The first-order chi connectivity index (χ1) is 6.34. The molecule has 0 spiro atoms. The van der Waals surface area contributed by atoms with Crippen LogP contribution in [-0.2, 0) is 6.54 Å². The van der Waals surface area contributed by atoms with Crippen molar-refractivity contribution in [2.24, 2.45) is 0 Å². The van der Waals surface area contributed by atoms with Gasteiger partial charge in [0, 0.05) is 18.8 Å². The Balaban J connectivity index is 2.37. The Morgan fingerprint density at radius 2 is 2.23 bits per heavy atom. The molecule has 1 aromatic heterocycles. The highest BCUT2D eigenvalue weighted by atomic mass is 16.1. The third-order valence-corrected chi connectivity index (χ3v) is 1.97. The van der Waals surface area contributed by atoms with Gasteiger partial charge in [-0.05, 0) is 32.5 Å². The number of pyridine rings is 1. The van der Waals surface area contributed by atoms with Gasteiger partial charge in [0.05, 0.1) is 0 Å². The van der Waals surface area contributed by atoms with E-state index in [0.717, 1.165) is 25.9 Å². The van der Waals surface area contributed by atoms with Gasteiger partial charge >= 0.3 is 0 Å². The van der Waals surface area contributed by atoms with Crippen LogP contribution in [0.4, 0.5) is 0 Å². The molecule has 0 aliphatic rings. The van der Waals surface area contributed by atoms with E-state index >= 15 is 0 Å². The molecule has 0 bridgehead atoms. The lowest BCUT2D eigenvalue weighted by molar-refractivity contribution is 0.578. The van der Waals surface area contributed by atoms with Crippen molar-refractivity contribution in [1.29, 1.82) is 0 Å². The van der Waals surface area contributed by atoms with Gasteiger partial charge in [0.15, 0.2) is 0 Å². The Morgan fingerprint density at radius 3 is 2.92 bits per heavy atom. The second kappa shape index (κ2) is 5.54. The number of nitrogens with zero attached hydrogens (tertiary/aromatic N) is 1. The Labute approximate surface area is 78.4 Å². The van der Waals surface area contributed by atoms with E-state index < -0.39 is 0 Å². The molecule has 72 valence electrons. The minimum Gasteiger partial charge on any atom is -0.320 e. The third-order valence-electron chi connectivity index (χ3n) is 1.97. The number of aryl methyl sites for hydroxylation is 1. The van der Waals surface area contributed by atoms with Gasteiger partial charge in [-0.3, -0.25) is 4.79 Å². The highest BCUT2D eigenvalue weighted by molar-refractivity contribution is 4.92. The Bertz CT molecular complexity index is 293. The van der Waals surface area contributed by atoms with Gasteiger partial charge in [-0.15, -0.1) is 0 Å². The van der Waals surface area contributed by atoms with E-state index in [4.69, 9.17) is 0 Å². The number of hydrogen-bond donors (Lipinski definition) is 1. The first-order valence-electron chi connectivity index (χ1n) is 4.64. The van der Waals surface area contributed by atoms with E-state index in [0.29, 0.717) is 0 Å². The quantitative estimate of drug-likeness (QED) is 0.681. The predicted octanol–water partition coefficient (Wildman–Crippen LogP) is 0.848. The van der Waals surface area contributed by atoms with Gasteiger partial charge in [0.1, 0.15) is 0 Å². The monoisotopic (exact) mass is 180 g/mol. The van der Waals surface area contributed by atoms with Crippen molar-refractivity contribution in [3.8, 4) is 0 Å². The fraction of sp³-hybridized carbons (Fsp3) is 0.500. The molecular weight excluding hydrogens is 164 g/mol. The highest BCUT2D eigenvalue weighted by Gasteiger charge is 1.92. The van der Waals surface area contributed by atoms with Gasteiger partial charge in [0.2, 0.25) is 5.56 Å². The summed E-state index contributed by atoms with van der Waals surface area (Å²) in [5.74, 6) is 0. The summed E-state index contributed by atoms with van der Waals surface area (Å²) in [5.41, 5.74) is 0.0898. The van der Waals surface area contributed by atoms with E-state index in [1.54, 1.807) is 16.7 Å². The van der Waals surface area contributed by atoms with Crippen molar-refractivity contribution < 1.29 is 0 Å². The predicted molar refractivity (Wildman–Crippen MR) is 53.9 cm³/mol. The zero-order valence-electron chi connectivity index (χ0n) is 7.99. The standard InChI is InChI=1S/C10H16N2O/c1-11-7-3-5-9-12-8-4-2-6-10(12)13/h2,4,6,8,11H,3,5,7,9H2,1H3. The topological polar surface area (TPSA) is 34.0 Å². The zero-order valence-corrected chi connectivity index (χ0v) is 7.99. The SMILES string of the molecule is CNCCCCn1ccccc1=O. The number of rotatable bonds is 5. The second-order valence-corrected chi connectivity index (χ2v) is 3.04. The minimum absolute atomic E-state index is 0.0898. The fourth-order valence-electron chi connectivity index (χ4n) is 1.23. The normalized spacial score (nSPS) is 10.2. The maximum atomic E-state index is 11.2. The van der Waals surface area contributed by atoms with Crippen LogP contribution < -0.4 is 10.9 Å². The number of hydrogen-bond acceptors (Lipinski definition) is 2. The molecule has 1 rings (SSSR count). The van der Waals surface area contributed by atoms with Crippen LogP contribution in [0.5, 0.6) is 0 Å². The van der Waals surface area contributed by atoms with Crippen molar-refractivity contribution in [2.75, 3.05) is 13.6 Å². The minimum atomic E-state index is 0.0898. The maximum Gasteiger partial charge on any atom is 0.250 e. The van der Waals surface area contributed by atoms with Crippen LogP contribution in [0.25, 0.3) is 0 Å². The van der Waals surface area contributed by atoms with Crippen LogP contribution in [0.1, 0.15) is 12.8 Å². The van der Waals surface area contributed by atoms with Crippen molar-refractivity contribution in [1.82, 2.24) is 9.88 Å².